The molecule has 4 nitrogen and oxygen atoms in total. The molecule has 0 amide bonds. The zero-order valence-corrected chi connectivity index (χ0v) is 8.56. The van der Waals surface area contributed by atoms with Crippen molar-refractivity contribution in [3.63, 3.8) is 0 Å². The fraction of sp³-hybridized carbons (Fsp3) is 0. The number of rotatable bonds is 1. The average Bonchev–Trinajstić information content (AvgIpc) is 2.68. The molecule has 0 radical (unpaired) electrons. The van der Waals surface area contributed by atoms with E-state index in [-0.39, 0.29) is 17.4 Å². The van der Waals surface area contributed by atoms with Gasteiger partial charge in [0.1, 0.15) is 29.0 Å². The maximum Gasteiger partial charge on any atom is 0.195 e. The minimum atomic E-state index is -1.85. The molecule has 1 aromatic carbocycles. The summed E-state index contributed by atoms with van der Waals surface area (Å²) >= 11 is 0. The summed E-state index contributed by atoms with van der Waals surface area (Å²) in [5, 5.41) is 14.3. The van der Waals surface area contributed by atoms with E-state index in [2.05, 4.69) is 10.2 Å². The van der Waals surface area contributed by atoms with E-state index >= 15 is 0 Å². The Hall–Kier alpha value is -2.56. The SMILES string of the molecule is N#Cc1c(-c2c(F)cc(F)c(F)c2F)n[nH]c1N. The number of aromatic nitrogens is 2. The molecule has 0 aliphatic rings. The zero-order valence-electron chi connectivity index (χ0n) is 8.56. The first-order valence-electron chi connectivity index (χ1n) is 4.54. The van der Waals surface area contributed by atoms with Crippen molar-refractivity contribution in [1.29, 1.82) is 5.26 Å². The lowest BCUT2D eigenvalue weighted by molar-refractivity contribution is 0.437. The van der Waals surface area contributed by atoms with E-state index in [0.717, 1.165) is 0 Å². The van der Waals surface area contributed by atoms with Crippen LogP contribution in [0.4, 0.5) is 23.4 Å². The molecule has 2 aromatic rings. The second kappa shape index (κ2) is 4.03. The van der Waals surface area contributed by atoms with E-state index in [1.54, 1.807) is 6.07 Å². The predicted octanol–water partition coefficient (Wildman–Crippen LogP) is 2.09. The lowest BCUT2D eigenvalue weighted by atomic mass is 10.1. The summed E-state index contributed by atoms with van der Waals surface area (Å²) in [5.41, 5.74) is 3.50. The first kappa shape index (κ1) is 11.9. The molecule has 0 fully saturated rings. The number of hydrogen-bond donors (Lipinski definition) is 2. The number of nitrogen functional groups attached to an aromatic ring is 1. The number of hydrogen-bond acceptors (Lipinski definition) is 3. The quantitative estimate of drug-likeness (QED) is 0.466. The second-order valence-corrected chi connectivity index (χ2v) is 3.32. The van der Waals surface area contributed by atoms with Gasteiger partial charge in [0.05, 0.1) is 5.56 Å². The van der Waals surface area contributed by atoms with Gasteiger partial charge in [0.2, 0.25) is 0 Å². The first-order valence-corrected chi connectivity index (χ1v) is 4.54. The third-order valence-corrected chi connectivity index (χ3v) is 2.26. The highest BCUT2D eigenvalue weighted by molar-refractivity contribution is 5.73. The Morgan fingerprint density at radius 2 is 1.83 bits per heavy atom. The van der Waals surface area contributed by atoms with Crippen molar-refractivity contribution in [3.8, 4) is 17.3 Å². The Labute approximate surface area is 97.6 Å². The third kappa shape index (κ3) is 1.57. The highest BCUT2D eigenvalue weighted by Crippen LogP contribution is 2.31. The van der Waals surface area contributed by atoms with Crippen LogP contribution >= 0.6 is 0 Å². The van der Waals surface area contributed by atoms with Crippen LogP contribution in [-0.2, 0) is 0 Å². The van der Waals surface area contributed by atoms with Gasteiger partial charge in [-0.05, 0) is 0 Å². The van der Waals surface area contributed by atoms with Gasteiger partial charge >= 0.3 is 0 Å². The molecule has 2 rings (SSSR count). The van der Waals surface area contributed by atoms with Crippen LogP contribution in [0.3, 0.4) is 0 Å². The molecule has 0 atom stereocenters. The number of nitrogens with one attached hydrogen (secondary N) is 1. The van der Waals surface area contributed by atoms with Crippen molar-refractivity contribution < 1.29 is 17.6 Å². The summed E-state index contributed by atoms with van der Waals surface area (Å²) in [6.45, 7) is 0. The minimum absolute atomic E-state index is 0.166. The smallest absolute Gasteiger partial charge is 0.195 e. The van der Waals surface area contributed by atoms with Gasteiger partial charge in [-0.2, -0.15) is 10.4 Å². The summed E-state index contributed by atoms with van der Waals surface area (Å²) in [7, 11) is 0. The average molecular weight is 256 g/mol. The summed E-state index contributed by atoms with van der Waals surface area (Å²) in [5.74, 6) is -6.89. The van der Waals surface area contributed by atoms with Crippen LogP contribution in [-0.4, -0.2) is 10.2 Å². The fourth-order valence-corrected chi connectivity index (χ4v) is 1.43. The van der Waals surface area contributed by atoms with Crippen LogP contribution in [0.25, 0.3) is 11.3 Å². The Kier molecular flexibility index (Phi) is 2.67. The van der Waals surface area contributed by atoms with E-state index in [1.807, 2.05) is 0 Å². The van der Waals surface area contributed by atoms with Gasteiger partial charge in [-0.3, -0.25) is 5.10 Å². The summed E-state index contributed by atoms with van der Waals surface area (Å²) in [6, 6.07) is 1.73. The standard InChI is InChI=1S/C10H4F4N4/c11-4-1-5(12)7(13)8(14)6(4)9-3(2-15)10(16)18-17-9/h1H,(H3,16,17,18). The number of nitriles is 1. The number of anilines is 1. The Morgan fingerprint density at radius 3 is 2.44 bits per heavy atom. The molecular formula is C10H4F4N4. The van der Waals surface area contributed by atoms with Crippen molar-refractivity contribution in [2.45, 2.75) is 0 Å². The lowest BCUT2D eigenvalue weighted by Gasteiger charge is -2.04. The number of H-pyrrole nitrogens is 1. The molecule has 0 saturated heterocycles. The number of aromatic amines is 1. The van der Waals surface area contributed by atoms with Crippen molar-refractivity contribution in [2.24, 2.45) is 0 Å². The highest BCUT2D eigenvalue weighted by Gasteiger charge is 2.25. The van der Waals surface area contributed by atoms with Crippen LogP contribution < -0.4 is 5.73 Å². The van der Waals surface area contributed by atoms with Crippen molar-refractivity contribution in [2.75, 3.05) is 5.73 Å². The van der Waals surface area contributed by atoms with Crippen LogP contribution in [0.1, 0.15) is 5.56 Å². The maximum absolute atomic E-state index is 13.5. The Bertz CT molecular complexity index is 671. The molecule has 0 aliphatic heterocycles. The molecule has 1 aromatic heterocycles. The van der Waals surface area contributed by atoms with Crippen molar-refractivity contribution >= 4 is 5.82 Å². The second-order valence-electron chi connectivity index (χ2n) is 3.32. The van der Waals surface area contributed by atoms with Crippen LogP contribution in [0.15, 0.2) is 6.07 Å². The largest absolute Gasteiger partial charge is 0.383 e. The van der Waals surface area contributed by atoms with Gasteiger partial charge in [-0.1, -0.05) is 0 Å². The van der Waals surface area contributed by atoms with Gasteiger partial charge < -0.3 is 5.73 Å². The van der Waals surface area contributed by atoms with E-state index in [1.165, 1.54) is 0 Å². The lowest BCUT2D eigenvalue weighted by Crippen LogP contribution is -2.00. The van der Waals surface area contributed by atoms with Crippen LogP contribution in [0, 0.1) is 34.6 Å². The van der Waals surface area contributed by atoms with Crippen molar-refractivity contribution in [1.82, 2.24) is 10.2 Å². The number of nitrogens with two attached hydrogens (primary N) is 1. The minimum Gasteiger partial charge on any atom is -0.383 e. The molecule has 92 valence electrons. The number of halogens is 4. The van der Waals surface area contributed by atoms with Crippen LogP contribution in [0.2, 0.25) is 0 Å². The molecule has 0 bridgehead atoms. The molecule has 0 unspecified atom stereocenters. The van der Waals surface area contributed by atoms with E-state index in [4.69, 9.17) is 11.0 Å². The van der Waals surface area contributed by atoms with E-state index in [9.17, 15) is 17.6 Å². The van der Waals surface area contributed by atoms with E-state index in [0.29, 0.717) is 0 Å². The number of benzene rings is 1. The molecule has 0 aliphatic carbocycles. The zero-order chi connectivity index (χ0) is 13.4. The Morgan fingerprint density at radius 1 is 1.17 bits per heavy atom. The normalized spacial score (nSPS) is 10.4. The maximum atomic E-state index is 13.5. The first-order chi connectivity index (χ1) is 8.47. The fourth-order valence-electron chi connectivity index (χ4n) is 1.43. The van der Waals surface area contributed by atoms with Crippen LogP contribution in [0.5, 0.6) is 0 Å². The van der Waals surface area contributed by atoms with E-state index < -0.39 is 34.5 Å². The molecule has 0 saturated carbocycles. The van der Waals surface area contributed by atoms with Gasteiger partial charge in [0.15, 0.2) is 17.5 Å². The molecule has 0 spiro atoms. The monoisotopic (exact) mass is 256 g/mol. The summed E-state index contributed by atoms with van der Waals surface area (Å²) in [6.07, 6.45) is 0. The molecule has 8 heteroatoms. The van der Waals surface area contributed by atoms with Gasteiger partial charge in [0, 0.05) is 6.07 Å². The van der Waals surface area contributed by atoms with Gasteiger partial charge in [0.25, 0.3) is 0 Å². The topological polar surface area (TPSA) is 78.5 Å². The van der Waals surface area contributed by atoms with Gasteiger partial charge in [-0.25, -0.2) is 17.6 Å². The third-order valence-electron chi connectivity index (χ3n) is 2.26. The molecule has 18 heavy (non-hydrogen) atoms. The van der Waals surface area contributed by atoms with Gasteiger partial charge in [-0.15, -0.1) is 0 Å². The highest BCUT2D eigenvalue weighted by atomic mass is 19.2. The summed E-state index contributed by atoms with van der Waals surface area (Å²) < 4.78 is 52.7. The predicted molar refractivity (Wildman–Crippen MR) is 53.0 cm³/mol. The number of nitrogens with zero attached hydrogens (tertiary/aromatic N) is 2. The molecule has 1 heterocycles. The molecule has 3 N–H and O–H groups in total. The summed E-state index contributed by atoms with van der Waals surface area (Å²) in [4.78, 5) is 0. The molecular weight excluding hydrogens is 252 g/mol. The van der Waals surface area contributed by atoms with Crippen molar-refractivity contribution in [3.05, 3.63) is 34.9 Å². The Balaban J connectivity index is 2.80.